The molecular weight excluding hydrogens is 241 g/mol. The number of hydrogen-bond acceptors (Lipinski definition) is 2. The number of benzene rings is 1. The number of nitrogens with two attached hydrogens (primary N) is 1. The van der Waals surface area contributed by atoms with Crippen molar-refractivity contribution in [1.82, 2.24) is 0 Å². The summed E-state index contributed by atoms with van der Waals surface area (Å²) >= 11 is 8.99. The lowest BCUT2D eigenvalue weighted by Crippen LogP contribution is -2.05. The molecule has 1 rings (SSSR count). The molecule has 2 nitrogen and oxygen atoms in total. The zero-order valence-corrected chi connectivity index (χ0v) is 8.85. The Labute approximate surface area is 84.5 Å². The first-order chi connectivity index (χ1) is 5.52. The molecule has 1 aromatic rings. The van der Waals surface area contributed by atoms with Crippen molar-refractivity contribution in [3.8, 4) is 5.75 Å². The van der Waals surface area contributed by atoms with Crippen LogP contribution in [0, 0.1) is 0 Å². The second-order valence-electron chi connectivity index (χ2n) is 2.61. The van der Waals surface area contributed by atoms with E-state index in [1.807, 2.05) is 0 Å². The van der Waals surface area contributed by atoms with Crippen molar-refractivity contribution in [3.63, 3.8) is 0 Å². The highest BCUT2D eigenvalue weighted by molar-refractivity contribution is 9.10. The van der Waals surface area contributed by atoms with Crippen LogP contribution in [0.4, 0.5) is 0 Å². The molecule has 0 fully saturated rings. The van der Waals surface area contributed by atoms with Crippen molar-refractivity contribution >= 4 is 27.5 Å². The third-order valence-electron chi connectivity index (χ3n) is 1.56. The fourth-order valence-electron chi connectivity index (χ4n) is 0.916. The maximum absolute atomic E-state index is 9.40. The zero-order chi connectivity index (χ0) is 9.30. The van der Waals surface area contributed by atoms with Crippen LogP contribution >= 0.6 is 27.5 Å². The molecule has 0 spiro atoms. The highest BCUT2D eigenvalue weighted by Gasteiger charge is 2.08. The summed E-state index contributed by atoms with van der Waals surface area (Å²) in [6, 6.07) is 3.01. The van der Waals surface area contributed by atoms with Crippen LogP contribution in [0.5, 0.6) is 5.75 Å². The summed E-state index contributed by atoms with van der Waals surface area (Å²) in [6.45, 7) is 1.80. The van der Waals surface area contributed by atoms with Gasteiger partial charge in [0, 0.05) is 16.1 Å². The maximum Gasteiger partial charge on any atom is 0.121 e. The fraction of sp³-hybridized carbons (Fsp3) is 0.250. The average Bonchev–Trinajstić information content (AvgIpc) is 1.96. The molecule has 0 aliphatic rings. The van der Waals surface area contributed by atoms with Crippen molar-refractivity contribution in [2.24, 2.45) is 5.73 Å². The first-order valence-corrected chi connectivity index (χ1v) is 4.63. The Kier molecular flexibility index (Phi) is 2.99. The van der Waals surface area contributed by atoms with Crippen LogP contribution in [0.15, 0.2) is 16.6 Å². The van der Waals surface area contributed by atoms with Gasteiger partial charge in [0.2, 0.25) is 0 Å². The van der Waals surface area contributed by atoms with Crippen LogP contribution in [0.2, 0.25) is 5.02 Å². The quantitative estimate of drug-likeness (QED) is 0.805. The van der Waals surface area contributed by atoms with Crippen LogP contribution in [0.1, 0.15) is 18.5 Å². The van der Waals surface area contributed by atoms with E-state index in [4.69, 9.17) is 17.3 Å². The van der Waals surface area contributed by atoms with Gasteiger partial charge in [0.15, 0.2) is 0 Å². The largest absolute Gasteiger partial charge is 0.508 e. The Hall–Kier alpha value is -0.250. The van der Waals surface area contributed by atoms with E-state index in [0.717, 1.165) is 4.47 Å². The monoisotopic (exact) mass is 249 g/mol. The second-order valence-corrected chi connectivity index (χ2v) is 3.88. The van der Waals surface area contributed by atoms with E-state index in [-0.39, 0.29) is 11.8 Å². The second kappa shape index (κ2) is 3.64. The molecule has 0 bridgehead atoms. The lowest BCUT2D eigenvalue weighted by atomic mass is 10.1. The summed E-state index contributed by atoms with van der Waals surface area (Å²) in [5.41, 5.74) is 6.30. The third kappa shape index (κ3) is 1.91. The minimum absolute atomic E-state index is 0.137. The van der Waals surface area contributed by atoms with Gasteiger partial charge in [-0.2, -0.15) is 0 Å². The smallest absolute Gasteiger partial charge is 0.121 e. The molecule has 0 aromatic heterocycles. The van der Waals surface area contributed by atoms with Gasteiger partial charge in [-0.25, -0.2) is 0 Å². The molecule has 3 N–H and O–H groups in total. The van der Waals surface area contributed by atoms with E-state index in [1.165, 1.54) is 6.07 Å². The molecule has 0 aliphatic carbocycles. The van der Waals surface area contributed by atoms with Crippen LogP contribution < -0.4 is 5.73 Å². The van der Waals surface area contributed by atoms with E-state index in [2.05, 4.69) is 15.9 Å². The van der Waals surface area contributed by atoms with E-state index in [0.29, 0.717) is 10.6 Å². The summed E-state index contributed by atoms with van der Waals surface area (Å²) in [5.74, 6) is 0.137. The third-order valence-corrected chi connectivity index (χ3v) is 2.76. The lowest BCUT2D eigenvalue weighted by Gasteiger charge is -2.09. The van der Waals surface area contributed by atoms with Gasteiger partial charge in [0.1, 0.15) is 5.75 Å². The molecule has 4 heteroatoms. The molecule has 0 aliphatic heterocycles. The summed E-state index contributed by atoms with van der Waals surface area (Å²) in [4.78, 5) is 0. The van der Waals surface area contributed by atoms with Gasteiger partial charge in [0.25, 0.3) is 0 Å². The number of rotatable bonds is 1. The molecule has 0 radical (unpaired) electrons. The van der Waals surface area contributed by atoms with Crippen LogP contribution in [-0.4, -0.2) is 5.11 Å². The highest BCUT2D eigenvalue weighted by Crippen LogP contribution is 2.32. The molecule has 66 valence electrons. The Morgan fingerprint density at radius 1 is 1.58 bits per heavy atom. The number of hydrogen-bond donors (Lipinski definition) is 2. The maximum atomic E-state index is 9.40. The van der Waals surface area contributed by atoms with Gasteiger partial charge >= 0.3 is 0 Å². The van der Waals surface area contributed by atoms with Gasteiger partial charge in [-0.1, -0.05) is 11.6 Å². The minimum Gasteiger partial charge on any atom is -0.508 e. The molecule has 0 saturated carbocycles. The van der Waals surface area contributed by atoms with Crippen molar-refractivity contribution in [1.29, 1.82) is 0 Å². The summed E-state index contributed by atoms with van der Waals surface area (Å²) in [7, 11) is 0. The van der Waals surface area contributed by atoms with Crippen molar-refractivity contribution in [2.75, 3.05) is 0 Å². The number of halogens is 2. The predicted molar refractivity (Wildman–Crippen MR) is 53.4 cm³/mol. The molecule has 1 unspecified atom stereocenters. The predicted octanol–water partition coefficient (Wildman–Crippen LogP) is 2.83. The van der Waals surface area contributed by atoms with E-state index in [9.17, 15) is 5.11 Å². The Morgan fingerprint density at radius 3 is 2.67 bits per heavy atom. The molecule has 1 atom stereocenters. The minimum atomic E-state index is -0.196. The van der Waals surface area contributed by atoms with Crippen LogP contribution in [0.25, 0.3) is 0 Å². The van der Waals surface area contributed by atoms with Crippen molar-refractivity contribution < 1.29 is 5.11 Å². The summed E-state index contributed by atoms with van der Waals surface area (Å²) < 4.78 is 0.745. The number of aromatic hydroxyl groups is 1. The first-order valence-electron chi connectivity index (χ1n) is 3.46. The van der Waals surface area contributed by atoms with Gasteiger partial charge in [-0.05, 0) is 35.0 Å². The lowest BCUT2D eigenvalue weighted by molar-refractivity contribution is 0.463. The molecule has 0 saturated heterocycles. The van der Waals surface area contributed by atoms with Gasteiger partial charge in [0.05, 0.1) is 5.02 Å². The molecule has 0 amide bonds. The topological polar surface area (TPSA) is 46.2 Å². The molecule has 0 heterocycles. The van der Waals surface area contributed by atoms with Crippen molar-refractivity contribution in [2.45, 2.75) is 13.0 Å². The number of phenols is 1. The van der Waals surface area contributed by atoms with Crippen molar-refractivity contribution in [3.05, 3.63) is 27.2 Å². The first kappa shape index (κ1) is 9.84. The Morgan fingerprint density at radius 2 is 2.17 bits per heavy atom. The van der Waals surface area contributed by atoms with Gasteiger partial charge < -0.3 is 10.8 Å². The fourth-order valence-corrected chi connectivity index (χ4v) is 1.44. The summed E-state index contributed by atoms with van der Waals surface area (Å²) in [5, 5.41) is 9.88. The zero-order valence-electron chi connectivity index (χ0n) is 6.51. The van der Waals surface area contributed by atoms with Crippen LogP contribution in [0.3, 0.4) is 0 Å². The Bertz CT molecular complexity index is 301. The van der Waals surface area contributed by atoms with E-state index >= 15 is 0 Å². The normalized spacial score (nSPS) is 13.0. The SMILES string of the molecule is CC(N)c1cc(Br)c(Cl)cc1O. The van der Waals surface area contributed by atoms with E-state index < -0.39 is 0 Å². The van der Waals surface area contributed by atoms with Gasteiger partial charge in [-0.3, -0.25) is 0 Å². The van der Waals surface area contributed by atoms with E-state index in [1.54, 1.807) is 13.0 Å². The highest BCUT2D eigenvalue weighted by atomic mass is 79.9. The van der Waals surface area contributed by atoms with Crippen LogP contribution in [-0.2, 0) is 0 Å². The number of phenolic OH excluding ortho intramolecular Hbond substituents is 1. The Balaban J connectivity index is 3.23. The standard InChI is InChI=1S/C8H9BrClNO/c1-4(11)5-2-6(9)7(10)3-8(5)12/h2-4,12H,11H2,1H3. The molecule has 12 heavy (non-hydrogen) atoms. The average molecular weight is 251 g/mol. The van der Waals surface area contributed by atoms with Gasteiger partial charge in [-0.15, -0.1) is 0 Å². The molecular formula is C8H9BrClNO. The molecule has 1 aromatic carbocycles. The summed E-state index contributed by atoms with van der Waals surface area (Å²) in [6.07, 6.45) is 0.